The molecule has 0 unspecified atom stereocenters. The maximum absolute atomic E-state index is 13.7. The number of hydrogen-bond acceptors (Lipinski definition) is 3. The number of rotatable bonds is 3. The Morgan fingerprint density at radius 2 is 1.94 bits per heavy atom. The van der Waals surface area contributed by atoms with Crippen LogP contribution in [0.2, 0.25) is 0 Å². The third-order valence-electron chi connectivity index (χ3n) is 2.90. The van der Waals surface area contributed by atoms with Gasteiger partial charge in [-0.1, -0.05) is 18.3 Å². The van der Waals surface area contributed by atoms with Crippen LogP contribution in [-0.4, -0.2) is 30.8 Å². The molecule has 4 nitrogen and oxygen atoms in total. The molecular formula is C11H13FN2O2S2. The van der Waals surface area contributed by atoms with E-state index in [9.17, 15) is 12.8 Å². The normalized spacial score (nSPS) is 16.9. The Bertz CT molecular complexity index is 581. The van der Waals surface area contributed by atoms with Crippen molar-refractivity contribution < 1.29 is 12.8 Å². The summed E-state index contributed by atoms with van der Waals surface area (Å²) in [6.07, 6.45) is 1.63. The molecule has 0 bridgehead atoms. The van der Waals surface area contributed by atoms with Gasteiger partial charge in [-0.05, 0) is 25.0 Å². The lowest BCUT2D eigenvalue weighted by molar-refractivity contribution is 0.476. The van der Waals surface area contributed by atoms with Crippen LogP contribution in [0.4, 0.5) is 4.39 Å². The van der Waals surface area contributed by atoms with Gasteiger partial charge < -0.3 is 5.73 Å². The van der Waals surface area contributed by atoms with E-state index in [4.69, 9.17) is 18.0 Å². The zero-order chi connectivity index (χ0) is 13.3. The lowest BCUT2D eigenvalue weighted by atomic mass is 10.2. The van der Waals surface area contributed by atoms with Gasteiger partial charge in [0.15, 0.2) is 0 Å². The van der Waals surface area contributed by atoms with E-state index in [1.54, 1.807) is 0 Å². The molecule has 2 N–H and O–H groups in total. The van der Waals surface area contributed by atoms with Crippen molar-refractivity contribution >= 4 is 27.2 Å². The molecule has 2 rings (SSSR count). The quantitative estimate of drug-likeness (QED) is 0.850. The highest BCUT2D eigenvalue weighted by molar-refractivity contribution is 7.89. The summed E-state index contributed by atoms with van der Waals surface area (Å²) in [4.78, 5) is -0.386. The first-order chi connectivity index (χ1) is 8.44. The van der Waals surface area contributed by atoms with Crippen molar-refractivity contribution in [3.05, 3.63) is 29.6 Å². The molecule has 0 aromatic heterocycles. The Labute approximate surface area is 111 Å². The average Bonchev–Trinajstić information content (AvgIpc) is 2.82. The predicted molar refractivity (Wildman–Crippen MR) is 70.3 cm³/mol. The molecule has 7 heteroatoms. The molecular weight excluding hydrogens is 275 g/mol. The van der Waals surface area contributed by atoms with E-state index in [1.165, 1.54) is 16.4 Å². The minimum atomic E-state index is -3.71. The highest BCUT2D eigenvalue weighted by atomic mass is 32.2. The van der Waals surface area contributed by atoms with Crippen molar-refractivity contribution in [3.63, 3.8) is 0 Å². The molecule has 0 spiro atoms. The second-order valence-corrected chi connectivity index (χ2v) is 6.43. The van der Waals surface area contributed by atoms with Crippen LogP contribution in [0, 0.1) is 5.82 Å². The molecule has 0 aliphatic carbocycles. The molecule has 1 saturated heterocycles. The fraction of sp³-hybridized carbons (Fsp3) is 0.364. The first-order valence-corrected chi connectivity index (χ1v) is 7.38. The number of nitrogens with zero attached hydrogens (tertiary/aromatic N) is 1. The van der Waals surface area contributed by atoms with Gasteiger partial charge in [0, 0.05) is 13.1 Å². The minimum Gasteiger partial charge on any atom is -0.389 e. The summed E-state index contributed by atoms with van der Waals surface area (Å²) < 4.78 is 39.7. The highest BCUT2D eigenvalue weighted by Gasteiger charge is 2.30. The summed E-state index contributed by atoms with van der Waals surface area (Å²) in [6, 6.07) is 3.84. The average molecular weight is 288 g/mol. The molecule has 1 aliphatic heterocycles. The fourth-order valence-corrected chi connectivity index (χ4v) is 4.03. The number of hydrogen-bond donors (Lipinski definition) is 1. The van der Waals surface area contributed by atoms with E-state index in [0.29, 0.717) is 13.1 Å². The lowest BCUT2D eigenvalue weighted by Crippen LogP contribution is -2.30. The van der Waals surface area contributed by atoms with E-state index < -0.39 is 15.8 Å². The number of nitrogens with two attached hydrogens (primary N) is 1. The van der Waals surface area contributed by atoms with Crippen molar-refractivity contribution in [1.29, 1.82) is 0 Å². The lowest BCUT2D eigenvalue weighted by Gasteiger charge is -2.17. The zero-order valence-corrected chi connectivity index (χ0v) is 11.2. The molecule has 1 fully saturated rings. The van der Waals surface area contributed by atoms with Crippen LogP contribution in [0.5, 0.6) is 0 Å². The second-order valence-electron chi connectivity index (χ2n) is 4.09. The largest absolute Gasteiger partial charge is 0.389 e. The van der Waals surface area contributed by atoms with Gasteiger partial charge in [0.2, 0.25) is 10.0 Å². The molecule has 18 heavy (non-hydrogen) atoms. The number of sulfonamides is 1. The smallest absolute Gasteiger partial charge is 0.243 e. The van der Waals surface area contributed by atoms with Gasteiger partial charge in [-0.25, -0.2) is 12.8 Å². The van der Waals surface area contributed by atoms with Crippen LogP contribution in [0.1, 0.15) is 18.4 Å². The summed E-state index contributed by atoms with van der Waals surface area (Å²) in [7, 11) is -3.71. The third kappa shape index (κ3) is 2.25. The van der Waals surface area contributed by atoms with Crippen molar-refractivity contribution in [2.24, 2.45) is 5.73 Å². The standard InChI is InChI=1S/C11H13FN2O2S2/c12-8-4-3-5-9(10(8)11(13)17)18(15,16)14-6-1-2-7-14/h3-5H,1-2,6-7H2,(H2,13,17). The van der Waals surface area contributed by atoms with Gasteiger partial charge in [0.25, 0.3) is 0 Å². The Balaban J connectivity index is 2.57. The maximum atomic E-state index is 13.7. The van der Waals surface area contributed by atoms with Gasteiger partial charge in [-0.2, -0.15) is 4.31 Å². The molecule has 1 aromatic carbocycles. The molecule has 0 atom stereocenters. The number of benzene rings is 1. The fourth-order valence-electron chi connectivity index (χ4n) is 2.03. The Kier molecular flexibility index (Phi) is 3.65. The first kappa shape index (κ1) is 13.4. The van der Waals surface area contributed by atoms with Crippen molar-refractivity contribution in [2.75, 3.05) is 13.1 Å². The highest BCUT2D eigenvalue weighted by Crippen LogP contribution is 2.25. The maximum Gasteiger partial charge on any atom is 0.243 e. The second kappa shape index (κ2) is 4.91. The van der Waals surface area contributed by atoms with Gasteiger partial charge in [0.05, 0.1) is 10.5 Å². The van der Waals surface area contributed by atoms with Crippen LogP contribution >= 0.6 is 12.2 Å². The van der Waals surface area contributed by atoms with E-state index >= 15 is 0 Å². The van der Waals surface area contributed by atoms with Crippen molar-refractivity contribution in [3.8, 4) is 0 Å². The van der Waals surface area contributed by atoms with E-state index in [0.717, 1.165) is 18.9 Å². The summed E-state index contributed by atoms with van der Waals surface area (Å²) in [5.74, 6) is -0.706. The Hall–Kier alpha value is -1.05. The number of halogens is 1. The molecule has 0 amide bonds. The molecule has 1 aliphatic rings. The molecule has 98 valence electrons. The summed E-state index contributed by atoms with van der Waals surface area (Å²) in [5.41, 5.74) is 5.22. The van der Waals surface area contributed by atoms with Crippen molar-refractivity contribution in [1.82, 2.24) is 4.31 Å². The topological polar surface area (TPSA) is 63.4 Å². The Morgan fingerprint density at radius 3 is 2.50 bits per heavy atom. The van der Waals surface area contributed by atoms with Crippen LogP contribution in [0.25, 0.3) is 0 Å². The van der Waals surface area contributed by atoms with Gasteiger partial charge >= 0.3 is 0 Å². The van der Waals surface area contributed by atoms with E-state index in [1.807, 2.05) is 0 Å². The van der Waals surface area contributed by atoms with Gasteiger partial charge in [0.1, 0.15) is 10.8 Å². The monoisotopic (exact) mass is 288 g/mol. The molecule has 0 saturated carbocycles. The first-order valence-electron chi connectivity index (χ1n) is 5.53. The molecule has 1 heterocycles. The minimum absolute atomic E-state index is 0.142. The Morgan fingerprint density at radius 1 is 1.33 bits per heavy atom. The van der Waals surface area contributed by atoms with Gasteiger partial charge in [-0.15, -0.1) is 0 Å². The summed E-state index contributed by atoms with van der Waals surface area (Å²) in [5, 5.41) is 0. The predicted octanol–water partition coefficient (Wildman–Crippen LogP) is 1.24. The van der Waals surface area contributed by atoms with Crippen LogP contribution < -0.4 is 5.73 Å². The van der Waals surface area contributed by atoms with Gasteiger partial charge in [-0.3, -0.25) is 0 Å². The van der Waals surface area contributed by atoms with Crippen molar-refractivity contribution in [2.45, 2.75) is 17.7 Å². The summed E-state index contributed by atoms with van der Waals surface area (Å²) >= 11 is 4.74. The van der Waals surface area contributed by atoms with Crippen LogP contribution in [0.3, 0.4) is 0 Å². The summed E-state index contributed by atoms with van der Waals surface area (Å²) in [6.45, 7) is 0.908. The molecule has 1 aromatic rings. The SMILES string of the molecule is NC(=S)c1c(F)cccc1S(=O)(=O)N1CCCC1. The number of thiocarbonyl (C=S) groups is 1. The third-order valence-corrected chi connectivity index (χ3v) is 5.05. The van der Waals surface area contributed by atoms with Crippen LogP contribution in [-0.2, 0) is 10.0 Å². The van der Waals surface area contributed by atoms with E-state index in [2.05, 4.69) is 0 Å². The van der Waals surface area contributed by atoms with Crippen LogP contribution in [0.15, 0.2) is 23.1 Å². The molecule has 0 radical (unpaired) electrons. The van der Waals surface area contributed by atoms with E-state index in [-0.39, 0.29) is 15.4 Å². The zero-order valence-electron chi connectivity index (χ0n) is 9.60.